The first-order valence-electron chi connectivity index (χ1n) is 6.28. The third kappa shape index (κ3) is 2.97. The maximum absolute atomic E-state index is 13.4. The van der Waals surface area contributed by atoms with Gasteiger partial charge < -0.3 is 5.11 Å². The molecule has 1 unspecified atom stereocenters. The molecule has 6 heteroatoms. The molecule has 1 N–H and O–H groups in total. The van der Waals surface area contributed by atoms with Crippen LogP contribution in [-0.2, 0) is 13.0 Å². The molecule has 1 atom stereocenters. The summed E-state index contributed by atoms with van der Waals surface area (Å²) in [5.41, 5.74) is 1.93. The first-order valence-corrected chi connectivity index (χ1v) is 7.04. The van der Waals surface area contributed by atoms with E-state index in [-0.39, 0.29) is 11.4 Å². The van der Waals surface area contributed by atoms with E-state index in [2.05, 4.69) is 5.10 Å². The first-order chi connectivity index (χ1) is 9.43. The van der Waals surface area contributed by atoms with E-state index in [1.807, 2.05) is 13.8 Å². The average molecular weight is 317 g/mol. The number of halogens is 3. The van der Waals surface area contributed by atoms with Crippen LogP contribution in [0.4, 0.5) is 4.39 Å². The van der Waals surface area contributed by atoms with Gasteiger partial charge in [0.2, 0.25) is 0 Å². The van der Waals surface area contributed by atoms with Crippen LogP contribution in [0.3, 0.4) is 0 Å². The van der Waals surface area contributed by atoms with Crippen LogP contribution in [-0.4, -0.2) is 14.9 Å². The van der Waals surface area contributed by atoms with Gasteiger partial charge in [0.1, 0.15) is 5.82 Å². The number of rotatable bonds is 4. The van der Waals surface area contributed by atoms with Gasteiger partial charge in [0.05, 0.1) is 27.5 Å². The molecule has 3 nitrogen and oxygen atoms in total. The second kappa shape index (κ2) is 6.12. The zero-order chi connectivity index (χ0) is 14.9. The van der Waals surface area contributed by atoms with Crippen molar-refractivity contribution in [2.45, 2.75) is 32.9 Å². The highest BCUT2D eigenvalue weighted by Gasteiger charge is 2.18. The molecule has 0 aliphatic carbocycles. The Morgan fingerprint density at radius 3 is 2.70 bits per heavy atom. The molecular formula is C14H15Cl2FN2O. The summed E-state index contributed by atoms with van der Waals surface area (Å²) < 4.78 is 15.2. The van der Waals surface area contributed by atoms with Crippen molar-refractivity contribution in [2.75, 3.05) is 0 Å². The van der Waals surface area contributed by atoms with Crippen LogP contribution < -0.4 is 0 Å². The minimum absolute atomic E-state index is 0.0356. The highest BCUT2D eigenvalue weighted by Crippen LogP contribution is 2.27. The van der Waals surface area contributed by atoms with E-state index in [0.29, 0.717) is 17.1 Å². The van der Waals surface area contributed by atoms with Gasteiger partial charge in [-0.15, -0.1) is 0 Å². The molecule has 2 rings (SSSR count). The highest BCUT2D eigenvalue weighted by molar-refractivity contribution is 6.32. The van der Waals surface area contributed by atoms with Gasteiger partial charge >= 0.3 is 0 Å². The first kappa shape index (κ1) is 15.3. The second-order valence-electron chi connectivity index (χ2n) is 4.56. The van der Waals surface area contributed by atoms with E-state index in [1.165, 1.54) is 12.1 Å². The zero-order valence-corrected chi connectivity index (χ0v) is 12.7. The summed E-state index contributed by atoms with van der Waals surface area (Å²) in [4.78, 5) is 0. The lowest BCUT2D eigenvalue weighted by Crippen LogP contribution is -2.09. The second-order valence-corrected chi connectivity index (χ2v) is 5.34. The summed E-state index contributed by atoms with van der Waals surface area (Å²) in [6.07, 6.45) is -0.588. The number of aromatic nitrogens is 2. The Bertz CT molecular complexity index is 628. The third-order valence-corrected chi connectivity index (χ3v) is 3.97. The smallest absolute Gasteiger partial charge is 0.142 e. The normalized spacial score (nSPS) is 12.7. The molecule has 0 aliphatic heterocycles. The Morgan fingerprint density at radius 2 is 2.10 bits per heavy atom. The highest BCUT2D eigenvalue weighted by atomic mass is 35.5. The minimum atomic E-state index is -0.860. The van der Waals surface area contributed by atoms with Gasteiger partial charge in [-0.25, -0.2) is 4.39 Å². The van der Waals surface area contributed by atoms with Crippen LogP contribution in [0.2, 0.25) is 10.0 Å². The molecule has 0 aliphatic rings. The van der Waals surface area contributed by atoms with E-state index in [0.717, 1.165) is 11.4 Å². The van der Waals surface area contributed by atoms with Crippen LogP contribution in [0.5, 0.6) is 0 Å². The van der Waals surface area contributed by atoms with E-state index < -0.39 is 11.9 Å². The predicted molar refractivity (Wildman–Crippen MR) is 77.7 cm³/mol. The molecule has 108 valence electrons. The molecule has 0 saturated carbocycles. The van der Waals surface area contributed by atoms with Crippen molar-refractivity contribution < 1.29 is 9.50 Å². The molecule has 20 heavy (non-hydrogen) atoms. The summed E-state index contributed by atoms with van der Waals surface area (Å²) in [6.45, 7) is 4.41. The van der Waals surface area contributed by atoms with Gasteiger partial charge in [0, 0.05) is 13.0 Å². The van der Waals surface area contributed by atoms with Crippen molar-refractivity contribution in [3.05, 3.63) is 51.0 Å². The molecule has 0 saturated heterocycles. The van der Waals surface area contributed by atoms with Gasteiger partial charge in [0.25, 0.3) is 0 Å². The Hall–Kier alpha value is -1.10. The number of hydrogen-bond acceptors (Lipinski definition) is 2. The van der Waals surface area contributed by atoms with Gasteiger partial charge in [0.15, 0.2) is 0 Å². The quantitative estimate of drug-likeness (QED) is 0.928. The fraction of sp³-hybridized carbons (Fsp3) is 0.357. The summed E-state index contributed by atoms with van der Waals surface area (Å²) in [7, 11) is 0. The van der Waals surface area contributed by atoms with Crippen LogP contribution in [0.1, 0.15) is 30.0 Å². The van der Waals surface area contributed by atoms with E-state index in [1.54, 1.807) is 10.7 Å². The third-order valence-electron chi connectivity index (χ3n) is 3.17. The fourth-order valence-corrected chi connectivity index (χ4v) is 2.41. The van der Waals surface area contributed by atoms with Crippen molar-refractivity contribution in [1.82, 2.24) is 9.78 Å². The standard InChI is InChI=1S/C14H15Cl2FN2O/c1-3-19-12(14(16)8(2)18-19)7-13(20)9-4-5-10(15)11(17)6-9/h4-6,13,20H,3,7H2,1-2H3. The summed E-state index contributed by atoms with van der Waals surface area (Å²) in [5.74, 6) is -0.547. The summed E-state index contributed by atoms with van der Waals surface area (Å²) in [5, 5.41) is 15.1. The Morgan fingerprint density at radius 1 is 1.40 bits per heavy atom. The van der Waals surface area contributed by atoms with Crippen LogP contribution in [0.25, 0.3) is 0 Å². The number of hydrogen-bond donors (Lipinski definition) is 1. The van der Waals surface area contributed by atoms with Gasteiger partial charge in [-0.3, -0.25) is 4.68 Å². The minimum Gasteiger partial charge on any atom is -0.388 e. The van der Waals surface area contributed by atoms with Gasteiger partial charge in [-0.05, 0) is 31.5 Å². The van der Waals surface area contributed by atoms with E-state index >= 15 is 0 Å². The molecule has 0 bridgehead atoms. The molecule has 0 spiro atoms. The number of nitrogens with zero attached hydrogens (tertiary/aromatic N) is 2. The molecule has 2 aromatic rings. The van der Waals surface area contributed by atoms with Crippen molar-refractivity contribution in [3.63, 3.8) is 0 Å². The largest absolute Gasteiger partial charge is 0.388 e. The van der Waals surface area contributed by atoms with Crippen LogP contribution >= 0.6 is 23.2 Å². The van der Waals surface area contributed by atoms with E-state index in [4.69, 9.17) is 23.2 Å². The average Bonchev–Trinajstić information content (AvgIpc) is 2.69. The molecule has 0 fully saturated rings. The van der Waals surface area contributed by atoms with Crippen molar-refractivity contribution >= 4 is 23.2 Å². The van der Waals surface area contributed by atoms with Crippen LogP contribution in [0.15, 0.2) is 18.2 Å². The topological polar surface area (TPSA) is 38.0 Å². The lowest BCUT2D eigenvalue weighted by atomic mass is 10.0. The Balaban J connectivity index is 2.27. The molecule has 1 aromatic carbocycles. The lowest BCUT2D eigenvalue weighted by molar-refractivity contribution is 0.175. The Labute approximate surface area is 126 Å². The monoisotopic (exact) mass is 316 g/mol. The molecule has 1 aromatic heterocycles. The Kier molecular flexibility index (Phi) is 4.68. The SMILES string of the molecule is CCn1nc(C)c(Cl)c1CC(O)c1ccc(Cl)c(F)c1. The molecule has 0 amide bonds. The molecular weight excluding hydrogens is 302 g/mol. The number of aryl methyl sites for hydroxylation is 2. The number of aliphatic hydroxyl groups excluding tert-OH is 1. The fourth-order valence-electron chi connectivity index (χ4n) is 2.08. The van der Waals surface area contributed by atoms with Crippen molar-refractivity contribution in [3.8, 4) is 0 Å². The zero-order valence-electron chi connectivity index (χ0n) is 11.2. The number of benzene rings is 1. The maximum atomic E-state index is 13.4. The summed E-state index contributed by atoms with van der Waals surface area (Å²) >= 11 is 11.8. The predicted octanol–water partition coefficient (Wildman–Crippen LogP) is 3.93. The van der Waals surface area contributed by atoms with E-state index in [9.17, 15) is 9.50 Å². The lowest BCUT2D eigenvalue weighted by Gasteiger charge is -2.13. The van der Waals surface area contributed by atoms with Crippen LogP contribution in [0, 0.1) is 12.7 Å². The molecule has 0 radical (unpaired) electrons. The molecule has 1 heterocycles. The van der Waals surface area contributed by atoms with Crippen molar-refractivity contribution in [1.29, 1.82) is 0 Å². The van der Waals surface area contributed by atoms with Crippen molar-refractivity contribution in [2.24, 2.45) is 0 Å². The van der Waals surface area contributed by atoms with Gasteiger partial charge in [-0.2, -0.15) is 5.10 Å². The maximum Gasteiger partial charge on any atom is 0.142 e. The summed E-state index contributed by atoms with van der Waals surface area (Å²) in [6, 6.07) is 4.27. The number of aliphatic hydroxyl groups is 1. The van der Waals surface area contributed by atoms with Gasteiger partial charge in [-0.1, -0.05) is 29.3 Å².